The van der Waals surface area contributed by atoms with Crippen molar-refractivity contribution in [2.24, 2.45) is 0 Å². The highest BCUT2D eigenvalue weighted by molar-refractivity contribution is 7.93. The molecule has 0 radical (unpaired) electrons. The molecule has 0 saturated heterocycles. The molecule has 0 bridgehead atoms. The van der Waals surface area contributed by atoms with Gasteiger partial charge in [0.15, 0.2) is 0 Å². The minimum absolute atomic E-state index is 0.0237. The van der Waals surface area contributed by atoms with E-state index in [2.05, 4.69) is 24.7 Å². The minimum atomic E-state index is -3.93. The normalized spacial score (nSPS) is 11.5. The second kappa shape index (κ2) is 10.4. The number of aromatic nitrogens is 2. The molecule has 0 spiro atoms. The summed E-state index contributed by atoms with van der Waals surface area (Å²) in [5.41, 5.74) is 2.22. The number of hydrogen-bond donors (Lipinski definition) is 3. The Balaban J connectivity index is 1.40. The summed E-state index contributed by atoms with van der Waals surface area (Å²) in [5, 5.41) is 2.68. The van der Waals surface area contributed by atoms with Gasteiger partial charge in [0, 0.05) is 28.3 Å². The molecule has 0 aliphatic carbocycles. The number of carbonyl (C=O) groups excluding carboxylic acids is 1. The van der Waals surface area contributed by atoms with E-state index in [1.165, 1.54) is 60.7 Å². The molecule has 10 nitrogen and oxygen atoms in total. The van der Waals surface area contributed by atoms with Gasteiger partial charge in [0.05, 0.1) is 9.79 Å². The van der Waals surface area contributed by atoms with Crippen molar-refractivity contribution < 1.29 is 21.6 Å². The number of benzene rings is 3. The van der Waals surface area contributed by atoms with E-state index in [1.54, 1.807) is 38.1 Å². The van der Waals surface area contributed by atoms with Gasteiger partial charge in [-0.2, -0.15) is 0 Å². The lowest BCUT2D eigenvalue weighted by molar-refractivity contribution is 0.102. The van der Waals surface area contributed by atoms with Crippen LogP contribution < -0.4 is 14.8 Å². The molecular weight excluding hydrogens is 514 g/mol. The topological polar surface area (TPSA) is 147 Å². The van der Waals surface area contributed by atoms with Gasteiger partial charge in [0.25, 0.3) is 26.0 Å². The maximum Gasteiger partial charge on any atom is 0.264 e. The van der Waals surface area contributed by atoms with Crippen molar-refractivity contribution >= 4 is 43.3 Å². The molecule has 3 aromatic carbocycles. The first-order chi connectivity index (χ1) is 17.5. The van der Waals surface area contributed by atoms with Crippen molar-refractivity contribution in [1.82, 2.24) is 9.97 Å². The molecule has 3 N–H and O–H groups in total. The fourth-order valence-electron chi connectivity index (χ4n) is 3.37. The highest BCUT2D eigenvalue weighted by atomic mass is 32.2. The van der Waals surface area contributed by atoms with Crippen LogP contribution in [0.25, 0.3) is 0 Å². The SMILES string of the molecule is Cc1cc(C)nc(NS(=O)(=O)c2ccc(NC(=O)c3ccc(NS(=O)(=O)c4ccccc4)cc3)cc2)n1. The molecule has 0 aliphatic heterocycles. The Morgan fingerprint density at radius 2 is 1.16 bits per heavy atom. The molecule has 4 aromatic rings. The van der Waals surface area contributed by atoms with Crippen molar-refractivity contribution in [2.45, 2.75) is 23.6 Å². The predicted molar refractivity (Wildman–Crippen MR) is 140 cm³/mol. The van der Waals surface area contributed by atoms with Crippen LogP contribution in [0.3, 0.4) is 0 Å². The zero-order chi connectivity index (χ0) is 26.6. The third kappa shape index (κ3) is 6.48. The van der Waals surface area contributed by atoms with Crippen LogP contribution in [0.5, 0.6) is 0 Å². The van der Waals surface area contributed by atoms with E-state index in [-0.39, 0.29) is 21.3 Å². The average Bonchev–Trinajstić information content (AvgIpc) is 2.84. The fraction of sp³-hybridized carbons (Fsp3) is 0.0800. The van der Waals surface area contributed by atoms with Crippen LogP contribution in [-0.2, 0) is 20.0 Å². The summed E-state index contributed by atoms with van der Waals surface area (Å²) in [6.07, 6.45) is 0. The number of amides is 1. The fourth-order valence-corrected chi connectivity index (χ4v) is 5.40. The summed E-state index contributed by atoms with van der Waals surface area (Å²) in [5.74, 6) is -0.473. The molecule has 0 unspecified atom stereocenters. The van der Waals surface area contributed by atoms with Crippen molar-refractivity contribution in [3.05, 3.63) is 102 Å². The van der Waals surface area contributed by atoms with Crippen LogP contribution in [0.15, 0.2) is 94.7 Å². The Hall–Kier alpha value is -4.29. The zero-order valence-electron chi connectivity index (χ0n) is 19.8. The van der Waals surface area contributed by atoms with Gasteiger partial charge in [-0.25, -0.2) is 31.5 Å². The zero-order valence-corrected chi connectivity index (χ0v) is 21.5. The van der Waals surface area contributed by atoms with Gasteiger partial charge < -0.3 is 5.32 Å². The molecule has 1 aromatic heterocycles. The van der Waals surface area contributed by atoms with E-state index >= 15 is 0 Å². The van der Waals surface area contributed by atoms with Crippen molar-refractivity contribution in [2.75, 3.05) is 14.8 Å². The van der Waals surface area contributed by atoms with Crippen LogP contribution >= 0.6 is 0 Å². The van der Waals surface area contributed by atoms with Crippen molar-refractivity contribution in [1.29, 1.82) is 0 Å². The smallest absolute Gasteiger partial charge is 0.264 e. The maximum atomic E-state index is 12.7. The monoisotopic (exact) mass is 537 g/mol. The maximum absolute atomic E-state index is 12.7. The highest BCUT2D eigenvalue weighted by Gasteiger charge is 2.17. The Bertz CT molecular complexity index is 1620. The third-order valence-electron chi connectivity index (χ3n) is 5.08. The van der Waals surface area contributed by atoms with E-state index in [0.29, 0.717) is 22.8 Å². The highest BCUT2D eigenvalue weighted by Crippen LogP contribution is 2.19. The quantitative estimate of drug-likeness (QED) is 0.308. The van der Waals surface area contributed by atoms with Gasteiger partial charge in [-0.1, -0.05) is 18.2 Å². The van der Waals surface area contributed by atoms with Crippen molar-refractivity contribution in [3.63, 3.8) is 0 Å². The Morgan fingerprint density at radius 1 is 0.649 bits per heavy atom. The average molecular weight is 538 g/mol. The third-order valence-corrected chi connectivity index (χ3v) is 7.82. The standard InChI is InChI=1S/C25H23N5O5S2/c1-17-16-18(2)27-25(26-17)30-37(34,35)23-14-12-20(13-15-23)28-24(31)19-8-10-21(11-9-19)29-36(32,33)22-6-4-3-5-7-22/h3-16,29H,1-2H3,(H,28,31)(H,26,27,30). The number of nitrogens with one attached hydrogen (secondary N) is 3. The number of hydrogen-bond acceptors (Lipinski definition) is 7. The van der Waals surface area contributed by atoms with E-state index in [1.807, 2.05) is 0 Å². The lowest BCUT2D eigenvalue weighted by atomic mass is 10.2. The molecule has 12 heteroatoms. The summed E-state index contributed by atoms with van der Waals surface area (Å²) >= 11 is 0. The minimum Gasteiger partial charge on any atom is -0.322 e. The van der Waals surface area contributed by atoms with Crippen molar-refractivity contribution in [3.8, 4) is 0 Å². The number of nitrogens with zero attached hydrogens (tertiary/aromatic N) is 2. The Kier molecular flexibility index (Phi) is 7.23. The Morgan fingerprint density at radius 3 is 1.76 bits per heavy atom. The first-order valence-corrected chi connectivity index (χ1v) is 13.9. The lowest BCUT2D eigenvalue weighted by Crippen LogP contribution is -2.16. The Labute approximate surface area is 214 Å². The van der Waals surface area contributed by atoms with E-state index in [0.717, 1.165) is 0 Å². The summed E-state index contributed by atoms with van der Waals surface area (Å²) in [4.78, 5) is 20.9. The summed E-state index contributed by atoms with van der Waals surface area (Å²) in [6.45, 7) is 3.47. The predicted octanol–water partition coefficient (Wildman–Crippen LogP) is 3.95. The lowest BCUT2D eigenvalue weighted by Gasteiger charge is -2.10. The molecule has 0 fully saturated rings. The second-order valence-electron chi connectivity index (χ2n) is 8.05. The van der Waals surface area contributed by atoms with E-state index in [4.69, 9.17) is 0 Å². The number of rotatable bonds is 8. The molecule has 1 amide bonds. The number of anilines is 3. The number of carbonyl (C=O) groups is 1. The molecule has 190 valence electrons. The number of sulfonamides is 2. The second-order valence-corrected chi connectivity index (χ2v) is 11.4. The molecule has 0 saturated carbocycles. The summed E-state index contributed by atoms with van der Waals surface area (Å²) in [6, 6.07) is 21.2. The van der Waals surface area contributed by atoms with Gasteiger partial charge in [0.1, 0.15) is 0 Å². The van der Waals surface area contributed by atoms with Crippen LogP contribution in [0.2, 0.25) is 0 Å². The van der Waals surface area contributed by atoms with E-state index < -0.39 is 26.0 Å². The van der Waals surface area contributed by atoms with Gasteiger partial charge in [0.2, 0.25) is 5.95 Å². The molecule has 0 aliphatic rings. The largest absolute Gasteiger partial charge is 0.322 e. The van der Waals surface area contributed by atoms with Gasteiger partial charge in [-0.15, -0.1) is 0 Å². The van der Waals surface area contributed by atoms with Gasteiger partial charge in [-0.05, 0) is 80.6 Å². The summed E-state index contributed by atoms with van der Waals surface area (Å²) in [7, 11) is -7.68. The van der Waals surface area contributed by atoms with Gasteiger partial charge in [-0.3, -0.25) is 9.52 Å². The molecule has 1 heterocycles. The summed E-state index contributed by atoms with van der Waals surface area (Å²) < 4.78 is 55.1. The van der Waals surface area contributed by atoms with Crippen LogP contribution in [-0.4, -0.2) is 32.7 Å². The molecular formula is C25H23N5O5S2. The van der Waals surface area contributed by atoms with Crippen LogP contribution in [0.4, 0.5) is 17.3 Å². The molecule has 0 atom stereocenters. The first kappa shape index (κ1) is 25.8. The number of aryl methyl sites for hydroxylation is 2. The van der Waals surface area contributed by atoms with E-state index in [9.17, 15) is 21.6 Å². The van der Waals surface area contributed by atoms with Crippen LogP contribution in [0.1, 0.15) is 21.7 Å². The van der Waals surface area contributed by atoms with Gasteiger partial charge >= 0.3 is 0 Å². The first-order valence-electron chi connectivity index (χ1n) is 11.0. The molecule has 37 heavy (non-hydrogen) atoms. The molecule has 4 rings (SSSR count). The van der Waals surface area contributed by atoms with Crippen LogP contribution in [0, 0.1) is 13.8 Å².